The summed E-state index contributed by atoms with van der Waals surface area (Å²) in [7, 11) is 0. The number of amides is 2. The van der Waals surface area contributed by atoms with Crippen LogP contribution in [0.2, 0.25) is 10.2 Å². The Labute approximate surface area is 148 Å². The van der Waals surface area contributed by atoms with Crippen molar-refractivity contribution in [3.05, 3.63) is 52.2 Å². The molecule has 0 bridgehead atoms. The molecular weight excluding hydrogens is 353 g/mol. The number of rotatable bonds is 3. The standard InChI is InChI=1S/C16H15Cl2N3O3/c17-12-8-10(9-19-14(12)18)15(22)20-11-3-5-21(6-4-11)16(23)13-2-1-7-24-13/h1-2,7-9,11H,3-6H2,(H,20,22). The van der Waals surface area contributed by atoms with E-state index in [0.29, 0.717) is 37.3 Å². The molecule has 0 saturated carbocycles. The fourth-order valence-corrected chi connectivity index (χ4v) is 2.87. The number of hydrogen-bond donors (Lipinski definition) is 1. The van der Waals surface area contributed by atoms with Gasteiger partial charge in [-0.3, -0.25) is 9.59 Å². The Morgan fingerprint density at radius 1 is 1.29 bits per heavy atom. The quantitative estimate of drug-likeness (QED) is 0.846. The van der Waals surface area contributed by atoms with Crippen LogP contribution in [-0.2, 0) is 0 Å². The first-order valence-electron chi connectivity index (χ1n) is 7.49. The topological polar surface area (TPSA) is 75.4 Å². The lowest BCUT2D eigenvalue weighted by Crippen LogP contribution is -2.46. The van der Waals surface area contributed by atoms with E-state index in [0.717, 1.165) is 0 Å². The smallest absolute Gasteiger partial charge is 0.289 e. The van der Waals surface area contributed by atoms with Gasteiger partial charge < -0.3 is 14.6 Å². The van der Waals surface area contributed by atoms with E-state index in [1.54, 1.807) is 17.0 Å². The van der Waals surface area contributed by atoms with Crippen LogP contribution >= 0.6 is 23.2 Å². The number of aromatic nitrogens is 1. The van der Waals surface area contributed by atoms with Gasteiger partial charge >= 0.3 is 0 Å². The third-order valence-corrected chi connectivity index (χ3v) is 4.59. The van der Waals surface area contributed by atoms with Crippen molar-refractivity contribution in [3.8, 4) is 0 Å². The largest absolute Gasteiger partial charge is 0.459 e. The van der Waals surface area contributed by atoms with Crippen LogP contribution in [0, 0.1) is 0 Å². The molecule has 1 aliphatic heterocycles. The molecule has 3 rings (SSSR count). The van der Waals surface area contributed by atoms with Crippen molar-refractivity contribution < 1.29 is 14.0 Å². The summed E-state index contributed by atoms with van der Waals surface area (Å²) in [6.45, 7) is 1.12. The predicted octanol–water partition coefficient (Wildman–Crippen LogP) is 3.02. The molecule has 0 radical (unpaired) electrons. The Morgan fingerprint density at radius 3 is 2.67 bits per heavy atom. The van der Waals surface area contributed by atoms with E-state index in [2.05, 4.69) is 10.3 Å². The molecule has 1 saturated heterocycles. The normalized spacial score (nSPS) is 15.3. The Balaban J connectivity index is 1.54. The van der Waals surface area contributed by atoms with Crippen LogP contribution in [0.4, 0.5) is 0 Å². The summed E-state index contributed by atoms with van der Waals surface area (Å²) in [5, 5.41) is 3.34. The van der Waals surface area contributed by atoms with E-state index in [9.17, 15) is 9.59 Å². The van der Waals surface area contributed by atoms with Crippen LogP contribution in [0.1, 0.15) is 33.8 Å². The lowest BCUT2D eigenvalue weighted by molar-refractivity contribution is 0.0667. The summed E-state index contributed by atoms with van der Waals surface area (Å²) < 4.78 is 5.13. The number of pyridine rings is 1. The van der Waals surface area contributed by atoms with Crippen molar-refractivity contribution in [2.45, 2.75) is 18.9 Å². The molecule has 6 nitrogen and oxygen atoms in total. The lowest BCUT2D eigenvalue weighted by Gasteiger charge is -2.31. The molecule has 0 spiro atoms. The van der Waals surface area contributed by atoms with E-state index >= 15 is 0 Å². The van der Waals surface area contributed by atoms with E-state index < -0.39 is 0 Å². The Kier molecular flexibility index (Phi) is 5.06. The van der Waals surface area contributed by atoms with E-state index in [-0.39, 0.29) is 28.0 Å². The van der Waals surface area contributed by atoms with Gasteiger partial charge in [0.05, 0.1) is 16.8 Å². The first kappa shape index (κ1) is 16.8. The molecule has 126 valence electrons. The fraction of sp³-hybridized carbons (Fsp3) is 0.312. The minimum absolute atomic E-state index is 0.00685. The van der Waals surface area contributed by atoms with Crippen molar-refractivity contribution in [2.24, 2.45) is 0 Å². The van der Waals surface area contributed by atoms with Crippen LogP contribution in [0.5, 0.6) is 0 Å². The number of carbonyl (C=O) groups excluding carboxylic acids is 2. The van der Waals surface area contributed by atoms with Crippen molar-refractivity contribution >= 4 is 35.0 Å². The second-order valence-electron chi connectivity index (χ2n) is 5.51. The maximum absolute atomic E-state index is 12.2. The second kappa shape index (κ2) is 7.23. The van der Waals surface area contributed by atoms with Gasteiger partial charge in [0.2, 0.25) is 0 Å². The molecule has 2 aromatic heterocycles. The van der Waals surface area contributed by atoms with Gasteiger partial charge in [-0.05, 0) is 31.0 Å². The number of nitrogens with zero attached hydrogens (tertiary/aromatic N) is 2. The fourth-order valence-electron chi connectivity index (χ4n) is 2.60. The molecule has 8 heteroatoms. The molecule has 1 aliphatic rings. The lowest BCUT2D eigenvalue weighted by atomic mass is 10.0. The SMILES string of the molecule is O=C(NC1CCN(C(=O)c2ccco2)CC1)c1cnc(Cl)c(Cl)c1. The predicted molar refractivity (Wildman–Crippen MR) is 89.4 cm³/mol. The number of furan rings is 1. The van der Waals surface area contributed by atoms with E-state index in [1.165, 1.54) is 18.5 Å². The van der Waals surface area contributed by atoms with Crippen molar-refractivity contribution in [2.75, 3.05) is 13.1 Å². The van der Waals surface area contributed by atoms with Crippen LogP contribution in [0.25, 0.3) is 0 Å². The van der Waals surface area contributed by atoms with Gasteiger partial charge in [0.15, 0.2) is 5.76 Å². The Hall–Kier alpha value is -2.05. The van der Waals surface area contributed by atoms with Crippen LogP contribution in [-0.4, -0.2) is 40.8 Å². The van der Waals surface area contributed by atoms with Crippen LogP contribution < -0.4 is 5.32 Å². The molecule has 2 amide bonds. The zero-order chi connectivity index (χ0) is 17.1. The van der Waals surface area contributed by atoms with Gasteiger partial charge in [-0.15, -0.1) is 0 Å². The maximum atomic E-state index is 12.2. The number of carbonyl (C=O) groups is 2. The molecule has 3 heterocycles. The molecule has 0 unspecified atom stereocenters. The molecular formula is C16H15Cl2N3O3. The molecule has 2 aromatic rings. The minimum atomic E-state index is -0.253. The Morgan fingerprint density at radius 2 is 2.04 bits per heavy atom. The molecule has 1 fully saturated rings. The number of likely N-dealkylation sites (tertiary alicyclic amines) is 1. The highest BCUT2D eigenvalue weighted by Gasteiger charge is 2.26. The second-order valence-corrected chi connectivity index (χ2v) is 6.28. The molecule has 24 heavy (non-hydrogen) atoms. The molecule has 1 N–H and O–H groups in total. The summed E-state index contributed by atoms with van der Waals surface area (Å²) in [5.74, 6) is -0.0466. The summed E-state index contributed by atoms with van der Waals surface area (Å²) in [4.78, 5) is 30.0. The number of nitrogens with one attached hydrogen (secondary N) is 1. The minimum Gasteiger partial charge on any atom is -0.459 e. The zero-order valence-corrected chi connectivity index (χ0v) is 14.2. The average molecular weight is 368 g/mol. The third kappa shape index (κ3) is 3.71. The van der Waals surface area contributed by atoms with Gasteiger partial charge in [-0.1, -0.05) is 23.2 Å². The molecule has 0 aliphatic carbocycles. The first-order valence-corrected chi connectivity index (χ1v) is 8.25. The number of piperidine rings is 1. The summed E-state index contributed by atoms with van der Waals surface area (Å²) in [6, 6.07) is 4.81. The van der Waals surface area contributed by atoms with E-state index in [4.69, 9.17) is 27.6 Å². The van der Waals surface area contributed by atoms with Crippen molar-refractivity contribution in [1.82, 2.24) is 15.2 Å². The molecule has 0 aromatic carbocycles. The summed E-state index contributed by atoms with van der Waals surface area (Å²) >= 11 is 11.6. The van der Waals surface area contributed by atoms with Crippen molar-refractivity contribution in [1.29, 1.82) is 0 Å². The van der Waals surface area contributed by atoms with Gasteiger partial charge in [-0.25, -0.2) is 4.98 Å². The van der Waals surface area contributed by atoms with Gasteiger partial charge in [0.25, 0.3) is 11.8 Å². The molecule has 0 atom stereocenters. The highest BCUT2D eigenvalue weighted by molar-refractivity contribution is 6.41. The maximum Gasteiger partial charge on any atom is 0.289 e. The summed E-state index contributed by atoms with van der Waals surface area (Å²) in [6.07, 6.45) is 4.21. The van der Waals surface area contributed by atoms with Gasteiger partial charge in [-0.2, -0.15) is 0 Å². The number of hydrogen-bond acceptors (Lipinski definition) is 4. The zero-order valence-electron chi connectivity index (χ0n) is 12.7. The van der Waals surface area contributed by atoms with E-state index in [1.807, 2.05) is 0 Å². The highest BCUT2D eigenvalue weighted by Crippen LogP contribution is 2.20. The summed E-state index contributed by atoms with van der Waals surface area (Å²) in [5.41, 5.74) is 0.360. The Bertz CT molecular complexity index is 741. The van der Waals surface area contributed by atoms with Crippen molar-refractivity contribution in [3.63, 3.8) is 0 Å². The van der Waals surface area contributed by atoms with Gasteiger partial charge in [0.1, 0.15) is 5.15 Å². The number of halogens is 2. The third-order valence-electron chi connectivity index (χ3n) is 3.91. The monoisotopic (exact) mass is 367 g/mol. The first-order chi connectivity index (χ1) is 11.5. The van der Waals surface area contributed by atoms with Crippen LogP contribution in [0.3, 0.4) is 0 Å². The van der Waals surface area contributed by atoms with Crippen LogP contribution in [0.15, 0.2) is 35.1 Å². The van der Waals surface area contributed by atoms with Gasteiger partial charge in [0, 0.05) is 25.3 Å². The highest BCUT2D eigenvalue weighted by atomic mass is 35.5. The average Bonchev–Trinajstić information content (AvgIpc) is 3.12.